The Morgan fingerprint density at radius 1 is 0.933 bits per heavy atom. The third-order valence-corrected chi connectivity index (χ3v) is 1.94. The van der Waals surface area contributed by atoms with Crippen molar-refractivity contribution in [3.63, 3.8) is 0 Å². The largest absolute Gasteiger partial charge is 0.300 e. The van der Waals surface area contributed by atoms with Crippen molar-refractivity contribution in [3.8, 4) is 0 Å². The molecule has 0 aliphatic carbocycles. The van der Waals surface area contributed by atoms with Gasteiger partial charge in [0.1, 0.15) is 5.78 Å². The molecule has 0 spiro atoms. The van der Waals surface area contributed by atoms with Crippen LogP contribution in [0.4, 0.5) is 0 Å². The number of hydrogen-bond acceptors (Lipinski definition) is 1. The summed E-state index contributed by atoms with van der Waals surface area (Å²) in [5.41, 5.74) is 0. The van der Waals surface area contributed by atoms with Gasteiger partial charge in [-0.3, -0.25) is 0 Å². The molecule has 15 heavy (non-hydrogen) atoms. The lowest BCUT2D eigenvalue weighted by Crippen LogP contribution is -1.85. The average Bonchev–Trinajstić information content (AvgIpc) is 2.20. The van der Waals surface area contributed by atoms with Crippen LogP contribution in [0, 0.1) is 0 Å². The lowest BCUT2D eigenvalue weighted by Gasteiger charge is -1.87. The third kappa shape index (κ3) is 12.9. The van der Waals surface area contributed by atoms with Crippen LogP contribution in [0.5, 0.6) is 0 Å². The fourth-order valence-corrected chi connectivity index (χ4v) is 1.11. The first-order valence-corrected chi connectivity index (χ1v) is 5.71. The van der Waals surface area contributed by atoms with Gasteiger partial charge in [-0.1, -0.05) is 43.4 Å². The van der Waals surface area contributed by atoms with Gasteiger partial charge in [0, 0.05) is 6.42 Å². The SMILES string of the molecule is CCC=CCC=CCC=CCCC(C)=O. The van der Waals surface area contributed by atoms with Crippen LogP contribution in [-0.2, 0) is 4.79 Å². The predicted octanol–water partition coefficient (Wildman–Crippen LogP) is 4.21. The molecule has 1 heteroatoms. The molecule has 0 aromatic rings. The molecule has 84 valence electrons. The van der Waals surface area contributed by atoms with Crippen molar-refractivity contribution >= 4 is 5.78 Å². The van der Waals surface area contributed by atoms with Gasteiger partial charge in [-0.25, -0.2) is 0 Å². The number of carbonyl (C=O) groups is 1. The molecule has 0 saturated heterocycles. The maximum Gasteiger partial charge on any atom is 0.130 e. The summed E-state index contributed by atoms with van der Waals surface area (Å²) in [6, 6.07) is 0. The molecule has 0 unspecified atom stereocenters. The van der Waals surface area contributed by atoms with Crippen LogP contribution in [0.25, 0.3) is 0 Å². The van der Waals surface area contributed by atoms with Gasteiger partial charge >= 0.3 is 0 Å². The van der Waals surface area contributed by atoms with Gasteiger partial charge in [-0.15, -0.1) is 0 Å². The molecule has 0 radical (unpaired) electrons. The Balaban J connectivity index is 3.36. The van der Waals surface area contributed by atoms with E-state index in [9.17, 15) is 4.79 Å². The lowest BCUT2D eigenvalue weighted by molar-refractivity contribution is -0.116. The minimum atomic E-state index is 0.264. The summed E-state index contributed by atoms with van der Waals surface area (Å²) < 4.78 is 0. The standard InChI is InChI=1S/C14H22O/c1-3-4-5-6-7-8-9-10-11-12-13-14(2)15/h4-5,7-8,10-11H,3,6,9,12-13H2,1-2H3. The Bertz CT molecular complexity index is 234. The minimum Gasteiger partial charge on any atom is -0.300 e. The van der Waals surface area contributed by atoms with Crippen molar-refractivity contribution in [2.75, 3.05) is 0 Å². The molecule has 0 N–H and O–H groups in total. The third-order valence-electron chi connectivity index (χ3n) is 1.94. The normalized spacial score (nSPS) is 12.1. The smallest absolute Gasteiger partial charge is 0.130 e. The molecule has 0 fully saturated rings. The summed E-state index contributed by atoms with van der Waals surface area (Å²) in [5.74, 6) is 0.264. The van der Waals surface area contributed by atoms with E-state index in [1.807, 2.05) is 0 Å². The Hall–Kier alpha value is -1.11. The van der Waals surface area contributed by atoms with E-state index in [1.54, 1.807) is 6.92 Å². The number of ketones is 1. The topological polar surface area (TPSA) is 17.1 Å². The first kappa shape index (κ1) is 13.9. The highest BCUT2D eigenvalue weighted by Crippen LogP contribution is 1.96. The second-order valence-electron chi connectivity index (χ2n) is 3.53. The summed E-state index contributed by atoms with van der Waals surface area (Å²) in [6.45, 7) is 3.77. The van der Waals surface area contributed by atoms with E-state index in [4.69, 9.17) is 0 Å². The summed E-state index contributed by atoms with van der Waals surface area (Å²) in [5, 5.41) is 0. The van der Waals surface area contributed by atoms with Crippen LogP contribution >= 0.6 is 0 Å². The Kier molecular flexibility index (Phi) is 10.2. The van der Waals surface area contributed by atoms with Gasteiger partial charge in [0.05, 0.1) is 0 Å². The molecule has 0 aromatic carbocycles. The molecule has 0 amide bonds. The van der Waals surface area contributed by atoms with Crippen molar-refractivity contribution in [2.45, 2.75) is 46.0 Å². The second kappa shape index (κ2) is 11.0. The zero-order chi connectivity index (χ0) is 11.4. The molecular weight excluding hydrogens is 184 g/mol. The van der Waals surface area contributed by atoms with E-state index >= 15 is 0 Å². The highest BCUT2D eigenvalue weighted by atomic mass is 16.1. The van der Waals surface area contributed by atoms with E-state index in [0.717, 1.165) is 25.7 Å². The van der Waals surface area contributed by atoms with Gasteiger partial charge in [0.25, 0.3) is 0 Å². The number of rotatable bonds is 8. The Morgan fingerprint density at radius 2 is 1.47 bits per heavy atom. The van der Waals surface area contributed by atoms with Crippen molar-refractivity contribution in [3.05, 3.63) is 36.5 Å². The summed E-state index contributed by atoms with van der Waals surface area (Å²) in [7, 11) is 0. The van der Waals surface area contributed by atoms with Gasteiger partial charge < -0.3 is 4.79 Å². The molecule has 0 aliphatic rings. The molecule has 1 nitrogen and oxygen atoms in total. The quantitative estimate of drug-likeness (QED) is 0.543. The van der Waals surface area contributed by atoms with Crippen LogP contribution in [0.3, 0.4) is 0 Å². The van der Waals surface area contributed by atoms with Crippen molar-refractivity contribution in [2.24, 2.45) is 0 Å². The Morgan fingerprint density at radius 3 is 2.00 bits per heavy atom. The van der Waals surface area contributed by atoms with Crippen molar-refractivity contribution < 1.29 is 4.79 Å². The number of carbonyl (C=O) groups excluding carboxylic acids is 1. The average molecular weight is 206 g/mol. The number of hydrogen-bond donors (Lipinski definition) is 0. The van der Waals surface area contributed by atoms with Crippen LogP contribution in [0.2, 0.25) is 0 Å². The van der Waals surface area contributed by atoms with Crippen LogP contribution < -0.4 is 0 Å². The fourth-order valence-electron chi connectivity index (χ4n) is 1.11. The van der Waals surface area contributed by atoms with Gasteiger partial charge in [0.2, 0.25) is 0 Å². The first-order chi connectivity index (χ1) is 7.27. The molecule has 0 heterocycles. The number of Topliss-reactive ketones (excluding diaryl/α,β-unsaturated/α-hetero) is 1. The van der Waals surface area contributed by atoms with Crippen LogP contribution in [-0.4, -0.2) is 5.78 Å². The molecule has 0 atom stereocenters. The zero-order valence-corrected chi connectivity index (χ0v) is 9.91. The predicted molar refractivity (Wildman–Crippen MR) is 66.9 cm³/mol. The first-order valence-electron chi connectivity index (χ1n) is 5.71. The minimum absolute atomic E-state index is 0.264. The summed E-state index contributed by atoms with van der Waals surface area (Å²) in [4.78, 5) is 10.6. The maximum absolute atomic E-state index is 10.6. The van der Waals surface area contributed by atoms with Crippen LogP contribution in [0.15, 0.2) is 36.5 Å². The van der Waals surface area contributed by atoms with E-state index < -0.39 is 0 Å². The van der Waals surface area contributed by atoms with E-state index in [2.05, 4.69) is 43.4 Å². The van der Waals surface area contributed by atoms with Crippen LogP contribution in [0.1, 0.15) is 46.0 Å². The molecule has 0 rings (SSSR count). The fraction of sp³-hybridized carbons (Fsp3) is 0.500. The van der Waals surface area contributed by atoms with Gasteiger partial charge in [0.15, 0.2) is 0 Å². The summed E-state index contributed by atoms with van der Waals surface area (Å²) in [6.07, 6.45) is 17.5. The number of allylic oxidation sites excluding steroid dienone is 6. The van der Waals surface area contributed by atoms with E-state index in [-0.39, 0.29) is 5.78 Å². The lowest BCUT2D eigenvalue weighted by atomic mass is 10.2. The van der Waals surface area contributed by atoms with Gasteiger partial charge in [-0.05, 0) is 32.6 Å². The second-order valence-corrected chi connectivity index (χ2v) is 3.53. The van der Waals surface area contributed by atoms with E-state index in [1.165, 1.54) is 0 Å². The zero-order valence-electron chi connectivity index (χ0n) is 9.91. The van der Waals surface area contributed by atoms with Crippen molar-refractivity contribution in [1.29, 1.82) is 0 Å². The molecule has 0 saturated carbocycles. The van der Waals surface area contributed by atoms with Gasteiger partial charge in [-0.2, -0.15) is 0 Å². The molecular formula is C14H22O. The monoisotopic (exact) mass is 206 g/mol. The highest BCUT2D eigenvalue weighted by molar-refractivity contribution is 5.75. The molecule has 0 bridgehead atoms. The highest BCUT2D eigenvalue weighted by Gasteiger charge is 1.87. The molecule has 0 aromatic heterocycles. The molecule has 0 aliphatic heterocycles. The van der Waals surface area contributed by atoms with E-state index in [0.29, 0.717) is 6.42 Å². The van der Waals surface area contributed by atoms with Crippen molar-refractivity contribution in [1.82, 2.24) is 0 Å². The summed E-state index contributed by atoms with van der Waals surface area (Å²) >= 11 is 0. The maximum atomic E-state index is 10.6. The Labute approximate surface area is 93.6 Å².